The predicted molar refractivity (Wildman–Crippen MR) is 174 cm³/mol. The van der Waals surface area contributed by atoms with Gasteiger partial charge in [0.1, 0.15) is 5.66 Å². The van der Waals surface area contributed by atoms with Crippen molar-refractivity contribution >= 4 is 0 Å². The third kappa shape index (κ3) is 4.89. The highest BCUT2D eigenvalue weighted by Crippen LogP contribution is 2.87. The number of likely N-dealkylation sites (tertiary alicyclic amines) is 1. The molecule has 0 aromatic heterocycles. The molecule has 256 valence electrons. The molecule has 2 saturated heterocycles. The maximum Gasteiger partial charge on any atom is 0.101 e. The van der Waals surface area contributed by atoms with Crippen molar-refractivity contribution in [1.29, 1.82) is 0 Å². The van der Waals surface area contributed by atoms with Crippen LogP contribution in [0.5, 0.6) is 0 Å². The van der Waals surface area contributed by atoms with Gasteiger partial charge in [-0.05, 0) is 92.3 Å². The number of hydrogen-bond acceptors (Lipinski definition) is 8. The molecule has 6 fully saturated rings. The molecule has 0 aromatic rings. The Labute approximate surface area is 272 Å². The molecule has 2 spiro atoms. The molecule has 2 unspecified atom stereocenters. The molecule has 3 N–H and O–H groups in total. The first kappa shape index (κ1) is 32.9. The first-order valence-corrected chi connectivity index (χ1v) is 18.4. The first-order chi connectivity index (χ1) is 21.6. The monoisotopic (exact) mass is 630 g/mol. The summed E-state index contributed by atoms with van der Waals surface area (Å²) >= 11 is 0. The van der Waals surface area contributed by atoms with Crippen LogP contribution in [0.25, 0.3) is 0 Å². The first-order valence-electron chi connectivity index (χ1n) is 18.4. The van der Waals surface area contributed by atoms with Crippen LogP contribution in [0.4, 0.5) is 0 Å². The Morgan fingerprint density at radius 3 is 2.42 bits per heavy atom. The van der Waals surface area contributed by atoms with Crippen LogP contribution >= 0.6 is 0 Å². The predicted octanol–water partition coefficient (Wildman–Crippen LogP) is 4.78. The van der Waals surface area contributed by atoms with E-state index in [0.717, 1.165) is 62.9 Å². The van der Waals surface area contributed by atoms with Gasteiger partial charge < -0.3 is 34.5 Å². The molecule has 8 nitrogen and oxygen atoms in total. The van der Waals surface area contributed by atoms with Crippen LogP contribution in [0.15, 0.2) is 11.6 Å². The highest BCUT2D eigenvalue weighted by atomic mass is 16.6. The van der Waals surface area contributed by atoms with Gasteiger partial charge in [0.25, 0.3) is 0 Å². The van der Waals surface area contributed by atoms with Crippen LogP contribution in [-0.2, 0) is 23.7 Å². The van der Waals surface area contributed by atoms with Crippen molar-refractivity contribution in [3.8, 4) is 0 Å². The lowest BCUT2D eigenvalue weighted by Gasteiger charge is -2.52. The fraction of sp³-hybridized carbons (Fsp3) is 0.946. The van der Waals surface area contributed by atoms with Gasteiger partial charge in [0.05, 0.1) is 64.1 Å². The van der Waals surface area contributed by atoms with Crippen molar-refractivity contribution in [3.63, 3.8) is 0 Å². The van der Waals surface area contributed by atoms with Crippen molar-refractivity contribution in [3.05, 3.63) is 11.6 Å². The maximum absolute atomic E-state index is 10.5. The molecule has 2 heterocycles. The van der Waals surface area contributed by atoms with E-state index in [-0.39, 0.29) is 34.6 Å². The van der Waals surface area contributed by atoms with Gasteiger partial charge in [-0.25, -0.2) is 0 Å². The summed E-state index contributed by atoms with van der Waals surface area (Å²) in [4.78, 5) is 2.54. The second kappa shape index (κ2) is 12.1. The molecule has 5 aliphatic carbocycles. The fourth-order valence-corrected chi connectivity index (χ4v) is 12.6. The minimum Gasteiger partial charge on any atom is -0.393 e. The van der Waals surface area contributed by atoms with E-state index < -0.39 is 5.66 Å². The Morgan fingerprint density at radius 2 is 1.69 bits per heavy atom. The highest BCUT2D eigenvalue weighted by Gasteiger charge is 2.85. The number of nitrogens with zero attached hydrogens (tertiary/aromatic N) is 1. The van der Waals surface area contributed by atoms with E-state index in [0.29, 0.717) is 57.6 Å². The molecule has 0 aromatic carbocycles. The number of rotatable bonds is 12. The zero-order valence-corrected chi connectivity index (χ0v) is 28.9. The van der Waals surface area contributed by atoms with Gasteiger partial charge in [-0.3, -0.25) is 4.90 Å². The lowest BCUT2D eigenvalue weighted by molar-refractivity contribution is -0.150. The summed E-state index contributed by atoms with van der Waals surface area (Å²) in [5, 5.41) is 10.5. The van der Waals surface area contributed by atoms with E-state index in [2.05, 4.69) is 38.7 Å². The van der Waals surface area contributed by atoms with E-state index in [9.17, 15) is 5.11 Å². The molecule has 2 aliphatic heterocycles. The van der Waals surface area contributed by atoms with Crippen LogP contribution < -0.4 is 5.73 Å². The standard InChI is InChI=1S/C37H62N2O6/c1-25-20-32-37(38,39(23-25)12-13-42-16-17-44-19-18-43-15-14-41-5)26(2)36(45-32)11-9-30-29-7-6-27-21-28(40)8-10-33(27,3)31(29)22-35(30)24-34(35,36)4/h6,25-26,28-32,40H,7-24,38H2,1-5H3/t25-,26-,28-,29-,30-,31-,32+,33-,34?,35?,36+,37-/m0/s1. The van der Waals surface area contributed by atoms with Crippen LogP contribution in [-0.4, -0.2) is 99.9 Å². The maximum atomic E-state index is 10.5. The number of nitrogens with two attached hydrogens (primary N) is 1. The smallest absolute Gasteiger partial charge is 0.101 e. The lowest BCUT2D eigenvalue weighted by atomic mass is 9.56. The van der Waals surface area contributed by atoms with Crippen molar-refractivity contribution < 1.29 is 28.8 Å². The van der Waals surface area contributed by atoms with Gasteiger partial charge in [-0.1, -0.05) is 39.3 Å². The van der Waals surface area contributed by atoms with Gasteiger partial charge in [0.2, 0.25) is 0 Å². The molecular weight excluding hydrogens is 568 g/mol. The number of piperidine rings is 1. The Morgan fingerprint density at radius 1 is 0.978 bits per heavy atom. The molecule has 8 heteroatoms. The lowest BCUT2D eigenvalue weighted by Crippen LogP contribution is -2.69. The minimum absolute atomic E-state index is 0.0676. The molecule has 0 bridgehead atoms. The number of ether oxygens (including phenoxy) is 5. The molecule has 45 heavy (non-hydrogen) atoms. The van der Waals surface area contributed by atoms with E-state index >= 15 is 0 Å². The number of aliphatic hydroxyl groups is 1. The number of allylic oxidation sites excluding steroid dienone is 1. The van der Waals surface area contributed by atoms with Gasteiger partial charge >= 0.3 is 0 Å². The Bertz CT molecular complexity index is 1120. The molecule has 7 rings (SSSR count). The van der Waals surface area contributed by atoms with Crippen molar-refractivity contribution in [2.75, 3.05) is 66.4 Å². The molecular formula is C37H62N2O6. The Hall–Kier alpha value is -0.580. The van der Waals surface area contributed by atoms with Gasteiger partial charge in [-0.2, -0.15) is 0 Å². The number of fused-ring (bicyclic) bond motifs is 6. The third-order valence-corrected chi connectivity index (χ3v) is 15.0. The summed E-state index contributed by atoms with van der Waals surface area (Å²) < 4.78 is 29.7. The van der Waals surface area contributed by atoms with E-state index in [1.807, 2.05) is 0 Å². The molecule has 0 radical (unpaired) electrons. The van der Waals surface area contributed by atoms with Crippen molar-refractivity contribution in [2.45, 2.75) is 109 Å². The fourth-order valence-electron chi connectivity index (χ4n) is 12.6. The number of aliphatic hydroxyl groups excluding tert-OH is 1. The molecule has 7 aliphatic rings. The van der Waals surface area contributed by atoms with Crippen LogP contribution in [0.2, 0.25) is 0 Å². The van der Waals surface area contributed by atoms with E-state index in [1.54, 1.807) is 12.7 Å². The van der Waals surface area contributed by atoms with Crippen molar-refractivity contribution in [2.24, 2.45) is 51.6 Å². The average molecular weight is 631 g/mol. The third-order valence-electron chi connectivity index (χ3n) is 15.0. The zero-order chi connectivity index (χ0) is 31.7. The van der Waals surface area contributed by atoms with E-state index in [4.69, 9.17) is 29.4 Å². The zero-order valence-electron chi connectivity index (χ0n) is 28.9. The summed E-state index contributed by atoms with van der Waals surface area (Å²) in [7, 11) is 1.68. The second-order valence-electron chi connectivity index (χ2n) is 16.8. The highest BCUT2D eigenvalue weighted by molar-refractivity contribution is 5.37. The van der Waals surface area contributed by atoms with Gasteiger partial charge in [-0.15, -0.1) is 0 Å². The summed E-state index contributed by atoms with van der Waals surface area (Å²) in [5.41, 5.74) is 9.42. The van der Waals surface area contributed by atoms with Gasteiger partial charge in [0, 0.05) is 31.5 Å². The van der Waals surface area contributed by atoms with Crippen molar-refractivity contribution in [1.82, 2.24) is 4.90 Å². The second-order valence-corrected chi connectivity index (χ2v) is 16.8. The summed E-state index contributed by atoms with van der Waals surface area (Å²) in [6, 6.07) is 0. The Balaban J connectivity index is 1.00. The summed E-state index contributed by atoms with van der Waals surface area (Å²) in [6.45, 7) is 16.0. The topological polar surface area (TPSA) is 95.6 Å². The number of hydrogen-bond donors (Lipinski definition) is 2. The molecule has 12 atom stereocenters. The molecule has 4 saturated carbocycles. The number of methoxy groups -OCH3 is 1. The van der Waals surface area contributed by atoms with Crippen LogP contribution in [0.3, 0.4) is 0 Å². The molecule has 0 amide bonds. The van der Waals surface area contributed by atoms with Crippen LogP contribution in [0, 0.1) is 45.8 Å². The largest absolute Gasteiger partial charge is 0.393 e. The minimum atomic E-state index is -0.461. The van der Waals surface area contributed by atoms with Gasteiger partial charge in [0.15, 0.2) is 0 Å². The normalized spacial score (nSPS) is 50.0. The quantitative estimate of drug-likeness (QED) is 0.235. The summed E-state index contributed by atoms with van der Waals surface area (Å²) in [5.74, 6) is 3.16. The van der Waals surface area contributed by atoms with Crippen LogP contribution in [0.1, 0.15) is 85.5 Å². The Kier molecular flexibility index (Phi) is 8.84. The average Bonchev–Trinajstić information content (AvgIpc) is 3.41. The SMILES string of the molecule is COCCOCCOCCOCCN1C[C@@H](C)C[C@H]2O[C@]3(CC[C@H]4[C@@H]5CC=C6C[C@@H](O)CC[C@]6(C)[C@H]5CC45CC53C)[C@H](C)[C@@]21N. The summed E-state index contributed by atoms with van der Waals surface area (Å²) in [6.07, 6.45) is 12.8. The van der Waals surface area contributed by atoms with E-state index in [1.165, 1.54) is 25.7 Å².